The van der Waals surface area contributed by atoms with Crippen molar-refractivity contribution in [2.24, 2.45) is 0 Å². The first-order valence-electron chi connectivity index (χ1n) is 4.84. The molecule has 0 bridgehead atoms. The fourth-order valence-corrected chi connectivity index (χ4v) is 8.52. The minimum atomic E-state index is -0.411. The molecule has 0 aromatic rings. The Balaban J connectivity index is 2.88. The van der Waals surface area contributed by atoms with E-state index in [4.69, 9.17) is 4.74 Å². The van der Waals surface area contributed by atoms with E-state index >= 15 is 0 Å². The van der Waals surface area contributed by atoms with Crippen LogP contribution in [0.4, 0.5) is 0 Å². The molecule has 0 unspecified atom stereocenters. The molecule has 0 saturated carbocycles. The van der Waals surface area contributed by atoms with Gasteiger partial charge in [-0.15, -0.1) is 0 Å². The molecular formula is C10H14O3Se2. The first-order valence-corrected chi connectivity index (χ1v) is 8.98. The summed E-state index contributed by atoms with van der Waals surface area (Å²) in [6, 6.07) is 0. The summed E-state index contributed by atoms with van der Waals surface area (Å²) in [4.78, 5) is 23.0. The Labute approximate surface area is 102 Å². The zero-order chi connectivity index (χ0) is 11.3. The van der Waals surface area contributed by atoms with Crippen LogP contribution in [0.25, 0.3) is 0 Å². The van der Waals surface area contributed by atoms with Crippen LogP contribution >= 0.6 is 0 Å². The van der Waals surface area contributed by atoms with Gasteiger partial charge in [0.15, 0.2) is 0 Å². The molecule has 0 aliphatic carbocycles. The van der Waals surface area contributed by atoms with E-state index in [-0.39, 0.29) is 5.78 Å². The Kier molecular flexibility index (Phi) is 5.62. The Morgan fingerprint density at radius 3 is 2.40 bits per heavy atom. The van der Waals surface area contributed by atoms with E-state index in [0.717, 1.165) is 14.0 Å². The quantitative estimate of drug-likeness (QED) is 0.253. The fraction of sp³-hybridized carbons (Fsp3) is 0.600. The first kappa shape index (κ1) is 13.0. The van der Waals surface area contributed by atoms with E-state index in [2.05, 4.69) is 0 Å². The maximum absolute atomic E-state index is 11.6. The van der Waals surface area contributed by atoms with Gasteiger partial charge in [0.2, 0.25) is 0 Å². The van der Waals surface area contributed by atoms with Crippen LogP contribution in [0.2, 0.25) is 10.6 Å². The summed E-state index contributed by atoms with van der Waals surface area (Å²) < 4.78 is 6.04. The summed E-state index contributed by atoms with van der Waals surface area (Å²) in [7, 11) is 0. The Bertz CT molecular complexity index is 289. The summed E-state index contributed by atoms with van der Waals surface area (Å²) in [6.45, 7) is 3.56. The third-order valence-electron chi connectivity index (χ3n) is 1.79. The summed E-state index contributed by atoms with van der Waals surface area (Å²) in [5, 5.41) is 2.31. The van der Waals surface area contributed by atoms with Gasteiger partial charge >= 0.3 is 102 Å². The summed E-state index contributed by atoms with van der Waals surface area (Å²) in [6.07, 6.45) is 1.25. The van der Waals surface area contributed by atoms with Crippen LogP contribution in [-0.4, -0.2) is 48.3 Å². The third kappa shape index (κ3) is 3.76. The van der Waals surface area contributed by atoms with Crippen LogP contribution in [0.15, 0.2) is 8.94 Å². The second-order valence-electron chi connectivity index (χ2n) is 2.99. The molecule has 1 saturated heterocycles. The van der Waals surface area contributed by atoms with Crippen molar-refractivity contribution in [3.63, 3.8) is 0 Å². The van der Waals surface area contributed by atoms with Gasteiger partial charge in [0.1, 0.15) is 0 Å². The molecule has 15 heavy (non-hydrogen) atoms. The molecule has 5 heteroatoms. The van der Waals surface area contributed by atoms with Gasteiger partial charge in [-0.05, 0) is 0 Å². The van der Waals surface area contributed by atoms with Gasteiger partial charge in [0, 0.05) is 0 Å². The minimum absolute atomic E-state index is 0.130. The topological polar surface area (TPSA) is 43.4 Å². The van der Waals surface area contributed by atoms with Gasteiger partial charge < -0.3 is 0 Å². The number of ether oxygens (including phenoxy) is 1. The molecule has 0 spiro atoms. The summed E-state index contributed by atoms with van der Waals surface area (Å²) in [5.74, 6) is -0.542. The van der Waals surface area contributed by atoms with Crippen LogP contribution in [0.3, 0.4) is 0 Å². The molecule has 0 atom stereocenters. The molecule has 3 nitrogen and oxygen atoms in total. The SMILES string of the molecule is CCOC(=O)C(C(C)=O)=C1[Se]CCC[Se]1. The molecular weight excluding hydrogens is 326 g/mol. The molecule has 1 heterocycles. The van der Waals surface area contributed by atoms with Crippen molar-refractivity contribution in [2.75, 3.05) is 6.61 Å². The molecule has 0 aromatic carbocycles. The average Bonchev–Trinajstić information content (AvgIpc) is 2.19. The van der Waals surface area contributed by atoms with E-state index in [1.165, 1.54) is 13.3 Å². The standard InChI is InChI=1S/C10H14O3Se2/c1-3-13-9(12)8(7(2)11)10-14-5-4-6-15-10/h3-6H2,1-2H3. The predicted octanol–water partition coefficient (Wildman–Crippen LogP) is 0.999. The Hall–Kier alpha value is -0.0810. The second kappa shape index (κ2) is 6.49. The van der Waals surface area contributed by atoms with E-state index in [0.29, 0.717) is 42.1 Å². The number of ketones is 1. The Morgan fingerprint density at radius 1 is 1.33 bits per heavy atom. The number of carbonyl (C=O) groups excluding carboxylic acids is 2. The molecule has 84 valence electrons. The van der Waals surface area contributed by atoms with E-state index in [9.17, 15) is 9.59 Å². The number of hydrogen-bond donors (Lipinski definition) is 0. The number of rotatable bonds is 3. The third-order valence-corrected chi connectivity index (χ3v) is 8.38. The number of esters is 1. The molecule has 0 radical (unpaired) electrons. The molecule has 0 N–H and O–H groups in total. The molecule has 1 rings (SSSR count). The van der Waals surface area contributed by atoms with Crippen molar-refractivity contribution in [2.45, 2.75) is 30.9 Å². The van der Waals surface area contributed by atoms with Crippen LogP contribution in [0.1, 0.15) is 20.3 Å². The van der Waals surface area contributed by atoms with Crippen LogP contribution in [0.5, 0.6) is 0 Å². The van der Waals surface area contributed by atoms with E-state index in [1.807, 2.05) is 0 Å². The van der Waals surface area contributed by atoms with Gasteiger partial charge in [-0.3, -0.25) is 0 Å². The summed E-state index contributed by atoms with van der Waals surface area (Å²) >= 11 is 0.679. The molecule has 1 aliphatic rings. The fourth-order valence-electron chi connectivity index (χ4n) is 1.15. The van der Waals surface area contributed by atoms with Gasteiger partial charge in [0.25, 0.3) is 0 Å². The number of Topliss-reactive ketones (excluding diaryl/α,β-unsaturated/α-hetero) is 1. The van der Waals surface area contributed by atoms with Crippen molar-refractivity contribution < 1.29 is 14.3 Å². The predicted molar refractivity (Wildman–Crippen MR) is 60.1 cm³/mol. The molecule has 1 aliphatic heterocycles. The van der Waals surface area contributed by atoms with Gasteiger partial charge in [-0.1, -0.05) is 0 Å². The molecule has 1 fully saturated rings. The van der Waals surface area contributed by atoms with E-state index < -0.39 is 5.97 Å². The monoisotopic (exact) mass is 342 g/mol. The zero-order valence-corrected chi connectivity index (χ0v) is 12.3. The molecule has 0 aromatic heterocycles. The average molecular weight is 340 g/mol. The van der Waals surface area contributed by atoms with Gasteiger partial charge in [-0.2, -0.15) is 0 Å². The summed E-state index contributed by atoms with van der Waals surface area (Å²) in [5.41, 5.74) is 0.358. The van der Waals surface area contributed by atoms with Crippen LogP contribution in [0, 0.1) is 0 Å². The van der Waals surface area contributed by atoms with Gasteiger partial charge in [-0.25, -0.2) is 0 Å². The first-order chi connectivity index (χ1) is 7.16. The second-order valence-corrected chi connectivity index (χ2v) is 8.94. The number of hydrogen-bond acceptors (Lipinski definition) is 3. The van der Waals surface area contributed by atoms with Crippen LogP contribution in [-0.2, 0) is 14.3 Å². The van der Waals surface area contributed by atoms with Crippen molar-refractivity contribution in [3.8, 4) is 0 Å². The van der Waals surface area contributed by atoms with Crippen molar-refractivity contribution in [3.05, 3.63) is 8.94 Å². The van der Waals surface area contributed by atoms with E-state index in [1.54, 1.807) is 6.92 Å². The zero-order valence-electron chi connectivity index (χ0n) is 8.87. The normalized spacial score (nSPS) is 16.0. The number of carbonyl (C=O) groups is 2. The van der Waals surface area contributed by atoms with Crippen LogP contribution < -0.4 is 0 Å². The van der Waals surface area contributed by atoms with Crippen molar-refractivity contribution in [1.29, 1.82) is 0 Å². The van der Waals surface area contributed by atoms with Crippen molar-refractivity contribution in [1.82, 2.24) is 0 Å². The maximum atomic E-state index is 11.6. The van der Waals surface area contributed by atoms with Crippen molar-refractivity contribution >= 4 is 41.7 Å². The van der Waals surface area contributed by atoms with Gasteiger partial charge in [0.05, 0.1) is 0 Å². The molecule has 0 amide bonds. The Morgan fingerprint density at radius 2 is 1.93 bits per heavy atom.